The Morgan fingerprint density at radius 2 is 2.00 bits per heavy atom. The van der Waals surface area contributed by atoms with Crippen LogP contribution >= 0.6 is 12.2 Å². The maximum atomic E-state index is 11.6. The van der Waals surface area contributed by atoms with Gasteiger partial charge in [-0.1, -0.05) is 36.4 Å². The second-order valence-electron chi connectivity index (χ2n) is 3.51. The van der Waals surface area contributed by atoms with Crippen molar-refractivity contribution in [2.75, 3.05) is 0 Å². The Balaban J connectivity index is 2.37. The minimum atomic E-state index is -0.278. The average molecular weight is 245 g/mol. The molecule has 1 heterocycles. The molecule has 1 aromatic heterocycles. The molecule has 0 aliphatic rings. The highest BCUT2D eigenvalue weighted by Gasteiger charge is 1.98. The molecule has 0 spiro atoms. The molecular weight excluding hydrogens is 234 g/mol. The van der Waals surface area contributed by atoms with Crippen molar-refractivity contribution >= 4 is 24.4 Å². The summed E-state index contributed by atoms with van der Waals surface area (Å²) in [6.45, 7) is 0. The number of aryl methyl sites for hydroxylation is 1. The van der Waals surface area contributed by atoms with Crippen molar-refractivity contribution in [3.05, 3.63) is 56.7 Å². The van der Waals surface area contributed by atoms with E-state index >= 15 is 0 Å². The molecule has 86 valence electrons. The zero-order chi connectivity index (χ0) is 12.3. The van der Waals surface area contributed by atoms with Crippen molar-refractivity contribution in [2.24, 2.45) is 7.05 Å². The van der Waals surface area contributed by atoms with Crippen molar-refractivity contribution < 1.29 is 0 Å². The molecule has 2 rings (SSSR count). The molecule has 5 heteroatoms. The average Bonchev–Trinajstić information content (AvgIpc) is 2.33. The fourth-order valence-corrected chi connectivity index (χ4v) is 1.48. The summed E-state index contributed by atoms with van der Waals surface area (Å²) >= 11 is 4.90. The van der Waals surface area contributed by atoms with Crippen LogP contribution in [0.4, 0.5) is 0 Å². The topological polar surface area (TPSA) is 50.7 Å². The van der Waals surface area contributed by atoms with E-state index in [-0.39, 0.29) is 5.56 Å². The Bertz CT molecular complexity index is 655. The summed E-state index contributed by atoms with van der Waals surface area (Å²) in [5.41, 5.74) is 1.07. The summed E-state index contributed by atoms with van der Waals surface area (Å²) in [6.07, 6.45) is 3.50. The summed E-state index contributed by atoms with van der Waals surface area (Å²) in [5.74, 6) is 0. The Hall–Kier alpha value is -2.01. The predicted molar refractivity (Wildman–Crippen MR) is 70.0 cm³/mol. The van der Waals surface area contributed by atoms with Crippen LogP contribution in [0, 0.1) is 4.77 Å². The number of hydrogen-bond donors (Lipinski definition) is 1. The summed E-state index contributed by atoms with van der Waals surface area (Å²) in [4.78, 5) is 14.1. The number of aromatic nitrogens is 3. The van der Waals surface area contributed by atoms with Crippen LogP contribution in [0.15, 0.2) is 35.1 Å². The fourth-order valence-electron chi connectivity index (χ4n) is 1.34. The zero-order valence-electron chi connectivity index (χ0n) is 9.25. The van der Waals surface area contributed by atoms with Crippen LogP contribution in [0.25, 0.3) is 12.2 Å². The first-order chi connectivity index (χ1) is 8.16. The Kier molecular flexibility index (Phi) is 3.30. The van der Waals surface area contributed by atoms with Gasteiger partial charge in [-0.2, -0.15) is 5.10 Å². The van der Waals surface area contributed by atoms with E-state index in [4.69, 9.17) is 12.2 Å². The lowest BCUT2D eigenvalue weighted by Crippen LogP contribution is -2.17. The molecule has 1 aromatic carbocycles. The molecule has 1 N–H and O–H groups in total. The first kappa shape index (κ1) is 11.5. The van der Waals surface area contributed by atoms with Gasteiger partial charge in [0, 0.05) is 7.05 Å². The molecular formula is C12H11N3OS. The standard InChI is InChI=1S/C12H11N3OS/c1-15-12(17)13-11(16)10(14-15)8-7-9-5-3-2-4-6-9/h2-8H,1H3,(H,13,16,17). The van der Waals surface area contributed by atoms with Crippen molar-refractivity contribution in [2.45, 2.75) is 0 Å². The Morgan fingerprint density at radius 3 is 2.71 bits per heavy atom. The normalized spacial score (nSPS) is 10.9. The summed E-state index contributed by atoms with van der Waals surface area (Å²) in [7, 11) is 1.69. The third kappa shape index (κ3) is 2.76. The van der Waals surface area contributed by atoms with Crippen LogP contribution in [0.1, 0.15) is 11.3 Å². The zero-order valence-corrected chi connectivity index (χ0v) is 10.1. The molecule has 0 saturated heterocycles. The van der Waals surface area contributed by atoms with Gasteiger partial charge in [0.05, 0.1) is 0 Å². The largest absolute Gasteiger partial charge is 0.296 e. The van der Waals surface area contributed by atoms with Gasteiger partial charge in [0.1, 0.15) is 5.69 Å². The van der Waals surface area contributed by atoms with Crippen LogP contribution in [0.2, 0.25) is 0 Å². The van der Waals surface area contributed by atoms with Crippen LogP contribution in [0.5, 0.6) is 0 Å². The molecule has 0 atom stereocenters. The van der Waals surface area contributed by atoms with E-state index in [2.05, 4.69) is 10.1 Å². The summed E-state index contributed by atoms with van der Waals surface area (Å²) in [6, 6.07) is 9.71. The first-order valence-corrected chi connectivity index (χ1v) is 5.48. The van der Waals surface area contributed by atoms with Gasteiger partial charge in [0.15, 0.2) is 4.77 Å². The van der Waals surface area contributed by atoms with Crippen molar-refractivity contribution in [3.63, 3.8) is 0 Å². The number of hydrogen-bond acceptors (Lipinski definition) is 3. The quantitative estimate of drug-likeness (QED) is 0.823. The Morgan fingerprint density at radius 1 is 1.29 bits per heavy atom. The monoisotopic (exact) mass is 245 g/mol. The van der Waals surface area contributed by atoms with E-state index in [1.165, 1.54) is 4.68 Å². The number of aromatic amines is 1. The summed E-state index contributed by atoms with van der Waals surface area (Å²) < 4.78 is 1.77. The highest BCUT2D eigenvalue weighted by Crippen LogP contribution is 2.03. The lowest BCUT2D eigenvalue weighted by atomic mass is 10.2. The Labute approximate surface area is 103 Å². The van der Waals surface area contributed by atoms with Crippen LogP contribution in [-0.4, -0.2) is 14.8 Å². The second-order valence-corrected chi connectivity index (χ2v) is 3.90. The van der Waals surface area contributed by atoms with Gasteiger partial charge in [-0.25, -0.2) is 4.68 Å². The predicted octanol–water partition coefficient (Wildman–Crippen LogP) is 2.01. The molecule has 0 saturated carbocycles. The molecule has 0 fully saturated rings. The van der Waals surface area contributed by atoms with Gasteiger partial charge in [0.25, 0.3) is 5.56 Å². The minimum absolute atomic E-state index is 0.278. The molecule has 0 aliphatic carbocycles. The van der Waals surface area contributed by atoms with Crippen molar-refractivity contribution in [1.29, 1.82) is 0 Å². The molecule has 0 unspecified atom stereocenters. The maximum absolute atomic E-state index is 11.6. The van der Waals surface area contributed by atoms with Gasteiger partial charge in [-0.3, -0.25) is 9.78 Å². The lowest BCUT2D eigenvalue weighted by Gasteiger charge is -1.98. The van der Waals surface area contributed by atoms with E-state index in [9.17, 15) is 4.79 Å². The summed E-state index contributed by atoms with van der Waals surface area (Å²) in [5, 5.41) is 4.07. The van der Waals surface area contributed by atoms with Crippen LogP contribution < -0.4 is 5.56 Å². The minimum Gasteiger partial charge on any atom is -0.296 e. The van der Waals surface area contributed by atoms with E-state index < -0.39 is 0 Å². The van der Waals surface area contributed by atoms with Crippen molar-refractivity contribution in [1.82, 2.24) is 14.8 Å². The smallest absolute Gasteiger partial charge is 0.277 e. The van der Waals surface area contributed by atoms with Gasteiger partial charge in [0.2, 0.25) is 0 Å². The molecule has 2 aromatic rings. The van der Waals surface area contributed by atoms with Crippen LogP contribution in [-0.2, 0) is 7.05 Å². The number of nitrogens with zero attached hydrogens (tertiary/aromatic N) is 2. The highest BCUT2D eigenvalue weighted by atomic mass is 32.1. The second kappa shape index (κ2) is 4.88. The van der Waals surface area contributed by atoms with Gasteiger partial charge in [-0.05, 0) is 23.9 Å². The number of rotatable bonds is 2. The number of H-pyrrole nitrogens is 1. The molecule has 4 nitrogen and oxygen atoms in total. The van der Waals surface area contributed by atoms with Crippen LogP contribution in [0.3, 0.4) is 0 Å². The van der Waals surface area contributed by atoms with Crippen molar-refractivity contribution in [3.8, 4) is 0 Å². The fraction of sp³-hybridized carbons (Fsp3) is 0.0833. The lowest BCUT2D eigenvalue weighted by molar-refractivity contribution is 0.684. The first-order valence-electron chi connectivity index (χ1n) is 5.07. The molecule has 0 aliphatic heterocycles. The van der Waals surface area contributed by atoms with Gasteiger partial charge >= 0.3 is 0 Å². The SMILES string of the molecule is Cn1nc(C=Cc2ccccc2)c(=O)[nH]c1=S. The highest BCUT2D eigenvalue weighted by molar-refractivity contribution is 7.71. The molecule has 0 radical (unpaired) electrons. The third-order valence-corrected chi connectivity index (χ3v) is 2.60. The van der Waals surface area contributed by atoms with Gasteiger partial charge < -0.3 is 0 Å². The van der Waals surface area contributed by atoms with E-state index in [0.29, 0.717) is 10.5 Å². The third-order valence-electron chi connectivity index (χ3n) is 2.24. The number of nitrogens with one attached hydrogen (secondary N) is 1. The number of benzene rings is 1. The van der Waals surface area contributed by atoms with E-state index in [1.807, 2.05) is 36.4 Å². The molecule has 17 heavy (non-hydrogen) atoms. The maximum Gasteiger partial charge on any atom is 0.277 e. The van der Waals surface area contributed by atoms with Gasteiger partial charge in [-0.15, -0.1) is 0 Å². The molecule has 0 amide bonds. The van der Waals surface area contributed by atoms with E-state index in [1.54, 1.807) is 13.1 Å². The van der Waals surface area contributed by atoms with E-state index in [0.717, 1.165) is 5.56 Å². The molecule has 0 bridgehead atoms.